The number of carbonyl (C=O) groups excluding carboxylic acids is 1. The van der Waals surface area contributed by atoms with Crippen LogP contribution in [-0.4, -0.2) is 49.6 Å². The van der Waals surface area contributed by atoms with Crippen molar-refractivity contribution in [1.82, 2.24) is 24.0 Å². The first-order valence-corrected chi connectivity index (χ1v) is 10.6. The van der Waals surface area contributed by atoms with Crippen molar-refractivity contribution in [3.05, 3.63) is 76.4 Å². The van der Waals surface area contributed by atoms with Gasteiger partial charge >= 0.3 is 6.18 Å². The zero-order valence-electron chi connectivity index (χ0n) is 18.1. The summed E-state index contributed by atoms with van der Waals surface area (Å²) in [6.07, 6.45) is -1.20. The lowest BCUT2D eigenvalue weighted by Crippen LogP contribution is -2.46. The number of nitrogens with zero attached hydrogens (tertiary/aromatic N) is 4. The topological polar surface area (TPSA) is 85.2 Å². The Balaban J connectivity index is 1.30. The van der Waals surface area contributed by atoms with Gasteiger partial charge in [-0.05, 0) is 37.3 Å². The third-order valence-corrected chi connectivity index (χ3v) is 5.79. The highest BCUT2D eigenvalue weighted by atomic mass is 19.4. The SMILES string of the molecule is Cc1cn(-c2ccc3n(c2=O)CCN(CCOc2cccc4[nH]c(C(F)(F)F)cc24)C3=O)cn1. The Morgan fingerprint density at radius 1 is 1.15 bits per heavy atom. The zero-order chi connectivity index (χ0) is 24.0. The maximum atomic E-state index is 13.0. The third-order valence-electron chi connectivity index (χ3n) is 5.79. The van der Waals surface area contributed by atoms with Crippen molar-refractivity contribution >= 4 is 16.8 Å². The maximum Gasteiger partial charge on any atom is 0.431 e. The number of nitrogens with one attached hydrogen (secondary N) is 1. The summed E-state index contributed by atoms with van der Waals surface area (Å²) in [5.74, 6) is -0.00915. The molecule has 0 atom stereocenters. The monoisotopic (exact) mass is 471 g/mol. The first-order valence-electron chi connectivity index (χ1n) is 10.6. The number of pyridine rings is 1. The summed E-state index contributed by atoms with van der Waals surface area (Å²) in [7, 11) is 0. The van der Waals surface area contributed by atoms with E-state index in [1.54, 1.807) is 52.3 Å². The lowest BCUT2D eigenvalue weighted by atomic mass is 10.2. The third kappa shape index (κ3) is 3.82. The summed E-state index contributed by atoms with van der Waals surface area (Å²) in [4.78, 5) is 33.9. The molecule has 176 valence electrons. The van der Waals surface area contributed by atoms with Crippen LogP contribution in [0, 0.1) is 6.92 Å². The molecular weight excluding hydrogens is 451 g/mol. The van der Waals surface area contributed by atoms with Crippen LogP contribution < -0.4 is 10.3 Å². The van der Waals surface area contributed by atoms with Crippen LogP contribution in [0.1, 0.15) is 21.9 Å². The van der Waals surface area contributed by atoms with Crippen molar-refractivity contribution in [2.24, 2.45) is 0 Å². The summed E-state index contributed by atoms with van der Waals surface area (Å²) in [6.45, 7) is 2.77. The van der Waals surface area contributed by atoms with E-state index >= 15 is 0 Å². The van der Waals surface area contributed by atoms with Gasteiger partial charge in [-0.1, -0.05) is 6.07 Å². The van der Waals surface area contributed by atoms with Gasteiger partial charge in [0.2, 0.25) is 0 Å². The fourth-order valence-corrected chi connectivity index (χ4v) is 4.09. The summed E-state index contributed by atoms with van der Waals surface area (Å²) in [5.41, 5.74) is 0.646. The van der Waals surface area contributed by atoms with Crippen LogP contribution in [0.25, 0.3) is 16.6 Å². The number of alkyl halides is 3. The van der Waals surface area contributed by atoms with Gasteiger partial charge in [-0.25, -0.2) is 4.98 Å². The highest BCUT2D eigenvalue weighted by Crippen LogP contribution is 2.34. The minimum absolute atomic E-state index is 0.0913. The van der Waals surface area contributed by atoms with E-state index in [0.29, 0.717) is 35.4 Å². The molecular formula is C23H20F3N5O3. The Morgan fingerprint density at radius 3 is 2.71 bits per heavy atom. The molecule has 0 unspecified atom stereocenters. The van der Waals surface area contributed by atoms with Crippen molar-refractivity contribution in [3.8, 4) is 11.4 Å². The molecule has 11 heteroatoms. The molecule has 4 aromatic rings. The van der Waals surface area contributed by atoms with Crippen molar-refractivity contribution in [3.63, 3.8) is 0 Å². The number of benzene rings is 1. The summed E-state index contributed by atoms with van der Waals surface area (Å²) in [6, 6.07) is 8.95. The number of imidazole rings is 1. The number of rotatable bonds is 5. The van der Waals surface area contributed by atoms with E-state index in [1.807, 2.05) is 6.92 Å². The second kappa shape index (κ2) is 8.08. The molecule has 0 saturated carbocycles. The number of fused-ring (bicyclic) bond motifs is 2. The van der Waals surface area contributed by atoms with Gasteiger partial charge in [0.05, 0.1) is 18.6 Å². The quantitative estimate of drug-likeness (QED) is 0.484. The number of hydrogen-bond acceptors (Lipinski definition) is 4. The molecule has 0 radical (unpaired) electrons. The smallest absolute Gasteiger partial charge is 0.431 e. The Kier molecular flexibility index (Phi) is 5.18. The Bertz CT molecular complexity index is 1450. The fraction of sp³-hybridized carbons (Fsp3) is 0.261. The molecule has 1 aliphatic rings. The fourth-order valence-electron chi connectivity index (χ4n) is 4.09. The molecule has 0 bridgehead atoms. The Hall–Kier alpha value is -4.02. The van der Waals surface area contributed by atoms with Gasteiger partial charge in [0.15, 0.2) is 0 Å². The molecule has 4 heterocycles. The molecule has 0 aliphatic carbocycles. The minimum Gasteiger partial charge on any atom is -0.491 e. The Labute approximate surface area is 191 Å². The van der Waals surface area contributed by atoms with E-state index in [9.17, 15) is 22.8 Å². The second-order valence-corrected chi connectivity index (χ2v) is 8.02. The average molecular weight is 471 g/mol. The number of aromatic amines is 1. The first kappa shape index (κ1) is 21.8. The lowest BCUT2D eigenvalue weighted by molar-refractivity contribution is -0.140. The summed E-state index contributed by atoms with van der Waals surface area (Å²) in [5, 5.41) is 0.318. The molecule has 5 rings (SSSR count). The predicted molar refractivity (Wildman–Crippen MR) is 117 cm³/mol. The second-order valence-electron chi connectivity index (χ2n) is 8.02. The Morgan fingerprint density at radius 2 is 1.97 bits per heavy atom. The highest BCUT2D eigenvalue weighted by Gasteiger charge is 2.33. The van der Waals surface area contributed by atoms with Crippen molar-refractivity contribution in [2.45, 2.75) is 19.6 Å². The van der Waals surface area contributed by atoms with Gasteiger partial charge in [0.1, 0.15) is 29.4 Å². The molecule has 1 amide bonds. The van der Waals surface area contributed by atoms with Crippen molar-refractivity contribution in [2.75, 3.05) is 19.7 Å². The van der Waals surface area contributed by atoms with Gasteiger partial charge in [0, 0.05) is 30.2 Å². The van der Waals surface area contributed by atoms with Crippen molar-refractivity contribution in [1.29, 1.82) is 0 Å². The molecule has 0 spiro atoms. The molecule has 1 aliphatic heterocycles. The van der Waals surface area contributed by atoms with Gasteiger partial charge in [-0.15, -0.1) is 0 Å². The van der Waals surface area contributed by atoms with Crippen LogP contribution in [0.15, 0.2) is 53.7 Å². The number of hydrogen-bond donors (Lipinski definition) is 1. The predicted octanol–water partition coefficient (Wildman–Crippen LogP) is 3.38. The number of aryl methyl sites for hydroxylation is 1. The molecule has 1 aromatic carbocycles. The van der Waals surface area contributed by atoms with Gasteiger partial charge in [0.25, 0.3) is 11.5 Å². The average Bonchev–Trinajstić information content (AvgIpc) is 3.42. The highest BCUT2D eigenvalue weighted by molar-refractivity contribution is 5.93. The largest absolute Gasteiger partial charge is 0.491 e. The van der Waals surface area contributed by atoms with Gasteiger partial charge in [-0.2, -0.15) is 13.2 Å². The van der Waals surface area contributed by atoms with Crippen LogP contribution in [-0.2, 0) is 12.7 Å². The van der Waals surface area contributed by atoms with Crippen LogP contribution in [0.5, 0.6) is 5.75 Å². The molecule has 0 fully saturated rings. The normalized spacial score (nSPS) is 14.0. The minimum atomic E-state index is -4.49. The lowest BCUT2D eigenvalue weighted by Gasteiger charge is -2.29. The van der Waals surface area contributed by atoms with Crippen LogP contribution in [0.3, 0.4) is 0 Å². The molecule has 8 nitrogen and oxygen atoms in total. The number of carbonyl (C=O) groups is 1. The molecule has 3 aromatic heterocycles. The van der Waals surface area contributed by atoms with Crippen LogP contribution in [0.4, 0.5) is 13.2 Å². The summed E-state index contributed by atoms with van der Waals surface area (Å²) < 4.78 is 47.9. The molecule has 1 N–H and O–H groups in total. The molecule has 0 saturated heterocycles. The number of amides is 1. The van der Waals surface area contributed by atoms with Crippen molar-refractivity contribution < 1.29 is 22.7 Å². The van der Waals surface area contributed by atoms with E-state index in [2.05, 4.69) is 9.97 Å². The number of ether oxygens (including phenoxy) is 1. The van der Waals surface area contributed by atoms with E-state index in [0.717, 1.165) is 11.8 Å². The van der Waals surface area contributed by atoms with E-state index < -0.39 is 11.9 Å². The first-order chi connectivity index (χ1) is 16.2. The van der Waals surface area contributed by atoms with E-state index in [4.69, 9.17) is 4.74 Å². The van der Waals surface area contributed by atoms with Gasteiger partial charge < -0.3 is 23.8 Å². The molecule has 34 heavy (non-hydrogen) atoms. The van der Waals surface area contributed by atoms with Gasteiger partial charge in [-0.3, -0.25) is 9.59 Å². The number of aromatic nitrogens is 4. The zero-order valence-corrected chi connectivity index (χ0v) is 18.1. The summed E-state index contributed by atoms with van der Waals surface area (Å²) >= 11 is 0. The number of halogens is 3. The van der Waals surface area contributed by atoms with E-state index in [-0.39, 0.29) is 30.3 Å². The standard InChI is InChI=1S/C23H20F3N5O3/c1-14-12-30(13-27-14)17-5-6-18-21(32)29(7-8-31(18)22(17)33)9-10-34-19-4-2-3-16-15(19)11-20(28-16)23(24,25)26/h2-6,11-13,28H,7-10H2,1H3. The van der Waals surface area contributed by atoms with Crippen LogP contribution in [0.2, 0.25) is 0 Å². The van der Waals surface area contributed by atoms with E-state index in [1.165, 1.54) is 4.57 Å². The van der Waals surface area contributed by atoms with Crippen LogP contribution >= 0.6 is 0 Å². The maximum absolute atomic E-state index is 13.0. The number of H-pyrrole nitrogens is 1.